The summed E-state index contributed by atoms with van der Waals surface area (Å²) in [5, 5.41) is 0. The molecule has 6 aromatic carbocycles. The summed E-state index contributed by atoms with van der Waals surface area (Å²) in [5.41, 5.74) is 22.5. The van der Waals surface area contributed by atoms with Crippen molar-refractivity contribution in [2.24, 2.45) is 0 Å². The van der Waals surface area contributed by atoms with Gasteiger partial charge in [0.05, 0.1) is 11.4 Å². The molecule has 0 radical (unpaired) electrons. The molecule has 6 aromatic rings. The van der Waals surface area contributed by atoms with Gasteiger partial charge in [0, 0.05) is 63.7 Å². The molecule has 0 bridgehead atoms. The van der Waals surface area contributed by atoms with Gasteiger partial charge in [-0.25, -0.2) is 0 Å². The summed E-state index contributed by atoms with van der Waals surface area (Å²) in [5.74, 6) is 0. The summed E-state index contributed by atoms with van der Waals surface area (Å²) in [6, 6.07) is 46.0. The second-order valence-electron chi connectivity index (χ2n) is 16.3. The number of hydrogen-bond donors (Lipinski definition) is 0. The summed E-state index contributed by atoms with van der Waals surface area (Å²) in [6.07, 6.45) is 4.07. The Morgan fingerprint density at radius 3 is 1.08 bits per heavy atom. The smallest absolute Gasteiger partial charge is 0.0606 e. The molecule has 0 aliphatic heterocycles. The summed E-state index contributed by atoms with van der Waals surface area (Å²) in [4.78, 5) is 9.86. The fourth-order valence-corrected chi connectivity index (χ4v) is 9.72. The van der Waals surface area contributed by atoms with Gasteiger partial charge < -0.3 is 19.6 Å². The van der Waals surface area contributed by atoms with E-state index < -0.39 is 0 Å². The fraction of sp³-hybridized carbons (Fsp3) is 0.471. The Balaban J connectivity index is 0.000000597. The highest BCUT2D eigenvalue weighted by Crippen LogP contribution is 2.40. The Labute approximate surface area is 444 Å². The molecule has 72 heavy (non-hydrogen) atoms. The minimum atomic E-state index is 0.969. The Morgan fingerprint density at radius 2 is 0.639 bits per heavy atom. The first-order valence-corrected chi connectivity index (χ1v) is 29.0. The Hall–Kier alpha value is -5.48. The molecule has 0 spiro atoms. The summed E-state index contributed by atoms with van der Waals surface area (Å²) < 4.78 is 0. The minimum absolute atomic E-state index is 0.969. The third kappa shape index (κ3) is 16.8. The molecule has 8 rings (SSSR count). The van der Waals surface area contributed by atoms with E-state index in [0.717, 1.165) is 78.0 Å². The average molecular weight is 978 g/mol. The summed E-state index contributed by atoms with van der Waals surface area (Å²) in [7, 11) is 0. The van der Waals surface area contributed by atoms with Gasteiger partial charge in [0.2, 0.25) is 0 Å². The van der Waals surface area contributed by atoms with Crippen LogP contribution >= 0.6 is 0 Å². The molecule has 0 amide bonds. The lowest BCUT2D eigenvalue weighted by Gasteiger charge is -2.30. The van der Waals surface area contributed by atoms with E-state index in [4.69, 9.17) is 0 Å². The van der Waals surface area contributed by atoms with Gasteiger partial charge in [-0.3, -0.25) is 0 Å². The van der Waals surface area contributed by atoms with Crippen LogP contribution in [0.3, 0.4) is 0 Å². The van der Waals surface area contributed by atoms with E-state index >= 15 is 0 Å². The first-order valence-electron chi connectivity index (χ1n) is 29.0. The molecule has 0 heterocycles. The van der Waals surface area contributed by atoms with Gasteiger partial charge >= 0.3 is 0 Å². The van der Waals surface area contributed by atoms with Gasteiger partial charge in [-0.05, 0) is 178 Å². The van der Waals surface area contributed by atoms with Crippen LogP contribution in [0.1, 0.15) is 183 Å². The van der Waals surface area contributed by atoms with Crippen molar-refractivity contribution in [3.05, 3.63) is 166 Å². The van der Waals surface area contributed by atoms with E-state index in [9.17, 15) is 0 Å². The van der Waals surface area contributed by atoms with Gasteiger partial charge in [-0.1, -0.05) is 174 Å². The largest absolute Gasteiger partial charge is 0.372 e. The lowest BCUT2D eigenvalue weighted by atomic mass is 9.97. The number of benzene rings is 6. The maximum atomic E-state index is 2.48. The number of nitrogens with zero attached hydrogens (tertiary/aromatic N) is 4. The molecule has 0 unspecified atom stereocenters. The maximum Gasteiger partial charge on any atom is 0.0606 e. The van der Waals surface area contributed by atoms with Crippen molar-refractivity contribution >= 4 is 22.7 Å². The van der Waals surface area contributed by atoms with E-state index in [-0.39, 0.29) is 0 Å². The van der Waals surface area contributed by atoms with Gasteiger partial charge in [0.15, 0.2) is 0 Å². The fourth-order valence-electron chi connectivity index (χ4n) is 9.72. The van der Waals surface area contributed by atoms with Crippen molar-refractivity contribution in [3.8, 4) is 22.3 Å². The van der Waals surface area contributed by atoms with Crippen molar-refractivity contribution < 1.29 is 0 Å². The van der Waals surface area contributed by atoms with Crippen LogP contribution in [0, 0.1) is 0 Å². The van der Waals surface area contributed by atoms with Crippen LogP contribution in [0.2, 0.25) is 0 Å². The Bertz CT molecular complexity index is 2360. The molecular formula is C68H104N4. The lowest BCUT2D eigenvalue weighted by molar-refractivity contribution is 0.831. The molecule has 0 atom stereocenters. The molecule has 0 aromatic heterocycles. The number of anilines is 4. The van der Waals surface area contributed by atoms with Crippen molar-refractivity contribution in [1.29, 1.82) is 0 Å². The van der Waals surface area contributed by atoms with E-state index in [1.165, 1.54) is 89.5 Å². The monoisotopic (exact) mass is 977 g/mol. The third-order valence-electron chi connectivity index (χ3n) is 13.1. The first kappa shape index (κ1) is 64.5. The molecule has 2 aliphatic carbocycles. The quantitative estimate of drug-likeness (QED) is 0.0956. The molecule has 4 heteroatoms. The number of fused-ring (bicyclic) bond motifs is 6. The molecule has 0 saturated carbocycles. The van der Waals surface area contributed by atoms with Gasteiger partial charge in [0.25, 0.3) is 0 Å². The van der Waals surface area contributed by atoms with Crippen LogP contribution in [0.15, 0.2) is 121 Å². The highest BCUT2D eigenvalue weighted by Gasteiger charge is 2.21. The number of hydrogen-bond acceptors (Lipinski definition) is 4. The summed E-state index contributed by atoms with van der Waals surface area (Å²) >= 11 is 0. The van der Waals surface area contributed by atoms with Crippen LogP contribution in [-0.4, -0.2) is 52.4 Å². The minimum Gasteiger partial charge on any atom is -0.372 e. The van der Waals surface area contributed by atoms with Gasteiger partial charge in [0.1, 0.15) is 0 Å². The van der Waals surface area contributed by atoms with Crippen molar-refractivity contribution in [1.82, 2.24) is 0 Å². The van der Waals surface area contributed by atoms with E-state index in [1.54, 1.807) is 0 Å². The normalized spacial score (nSPS) is 10.4. The Morgan fingerprint density at radius 1 is 0.292 bits per heavy atom. The second-order valence-corrected chi connectivity index (χ2v) is 16.3. The molecule has 2 aliphatic rings. The average Bonchev–Trinajstić information content (AvgIpc) is 4.02. The molecule has 0 N–H and O–H groups in total. The maximum absolute atomic E-state index is 2.48. The van der Waals surface area contributed by atoms with Gasteiger partial charge in [-0.15, -0.1) is 0 Å². The van der Waals surface area contributed by atoms with Crippen molar-refractivity contribution in [2.75, 3.05) is 72.0 Å². The van der Waals surface area contributed by atoms with Crippen LogP contribution < -0.4 is 19.6 Å². The zero-order valence-electron chi connectivity index (χ0n) is 49.8. The SMILES string of the molecule is CC.CC.CC.CC.CC.CC.CCN(CC)c1ccc(Cc2ccc3c(c2)-c2ccccc2C3)cc1N(CC)CC.CCN(CC)c1ccc(N(CC)CC)c(Cc2ccc3c(c2)-c2ccccc2C3)c1. The predicted molar refractivity (Wildman–Crippen MR) is 330 cm³/mol. The van der Waals surface area contributed by atoms with Crippen LogP contribution in [0.4, 0.5) is 22.7 Å². The van der Waals surface area contributed by atoms with E-state index in [0.29, 0.717) is 0 Å². The molecular weight excluding hydrogens is 873 g/mol. The van der Waals surface area contributed by atoms with Crippen molar-refractivity contribution in [2.45, 2.75) is 164 Å². The molecule has 0 saturated heterocycles. The molecule has 0 fully saturated rings. The zero-order chi connectivity index (χ0) is 54.2. The topological polar surface area (TPSA) is 13.0 Å². The van der Waals surface area contributed by atoms with E-state index in [1.807, 2.05) is 83.1 Å². The Kier molecular flexibility index (Phi) is 32.7. The van der Waals surface area contributed by atoms with Crippen molar-refractivity contribution in [3.63, 3.8) is 0 Å². The van der Waals surface area contributed by atoms with Gasteiger partial charge in [-0.2, -0.15) is 0 Å². The van der Waals surface area contributed by atoms with Crippen LogP contribution in [0.5, 0.6) is 0 Å². The van der Waals surface area contributed by atoms with Crippen LogP contribution in [-0.2, 0) is 25.7 Å². The highest BCUT2D eigenvalue weighted by molar-refractivity contribution is 5.79. The number of rotatable bonds is 16. The predicted octanol–water partition coefficient (Wildman–Crippen LogP) is 19.2. The molecule has 4 nitrogen and oxygen atoms in total. The molecule has 396 valence electrons. The zero-order valence-corrected chi connectivity index (χ0v) is 49.8. The van der Waals surface area contributed by atoms with E-state index in [2.05, 4.69) is 196 Å². The van der Waals surface area contributed by atoms with Crippen LogP contribution in [0.25, 0.3) is 22.3 Å². The second kappa shape index (κ2) is 36.4. The third-order valence-corrected chi connectivity index (χ3v) is 13.1. The highest BCUT2D eigenvalue weighted by atomic mass is 15.2. The standard InChI is InChI=1S/2C28H34N2.6C2H6/c1-5-29(6-2)27-16-14-22(19-28(27)30(7-3)8-4)17-21-13-15-24-20-23-11-9-10-12-25(23)26(24)18-21;1-5-29(6-2)25-15-16-28(30(7-3)8-4)24(20-25)17-21-13-14-23-19-22-11-9-10-12-26(22)27(23)18-21;6*1-2/h9-16,18-19H,5-8,17,20H2,1-4H3;9-16,18,20H,5-8,17,19H2,1-4H3;6*1-2H3. The first-order chi connectivity index (χ1) is 35.4. The summed E-state index contributed by atoms with van der Waals surface area (Å²) in [6.45, 7) is 50.2. The lowest BCUT2D eigenvalue weighted by Crippen LogP contribution is -2.28.